The largest absolute Gasteiger partial charge is 0.390 e. The summed E-state index contributed by atoms with van der Waals surface area (Å²) in [6.07, 6.45) is 1.01. The first kappa shape index (κ1) is 21.1. The Morgan fingerprint density at radius 2 is 1.85 bits per heavy atom. The van der Waals surface area contributed by atoms with Crippen LogP contribution in [0.1, 0.15) is 29.4 Å². The summed E-state index contributed by atoms with van der Waals surface area (Å²) in [5.41, 5.74) is 3.05. The monoisotopic (exact) mass is 471 g/mol. The van der Waals surface area contributed by atoms with Crippen molar-refractivity contribution in [2.24, 2.45) is 11.8 Å². The van der Waals surface area contributed by atoms with Crippen molar-refractivity contribution >= 4 is 28.6 Å². The van der Waals surface area contributed by atoms with Gasteiger partial charge >= 0.3 is 0 Å². The van der Waals surface area contributed by atoms with Crippen molar-refractivity contribution in [1.29, 1.82) is 0 Å². The quantitative estimate of drug-likeness (QED) is 0.395. The molecule has 0 amide bonds. The van der Waals surface area contributed by atoms with E-state index in [0.717, 1.165) is 17.5 Å². The van der Waals surface area contributed by atoms with Crippen LogP contribution in [0.25, 0.3) is 11.2 Å². The van der Waals surface area contributed by atoms with Gasteiger partial charge in [-0.15, -0.1) is 0 Å². The van der Waals surface area contributed by atoms with Crippen molar-refractivity contribution in [2.75, 3.05) is 5.32 Å². The molecule has 0 bridgehead atoms. The average molecular weight is 472 g/mol. The lowest BCUT2D eigenvalue weighted by molar-refractivity contribution is 0.00386. The zero-order chi connectivity index (χ0) is 23.2. The van der Waals surface area contributed by atoms with E-state index >= 15 is 0 Å². The van der Waals surface area contributed by atoms with Crippen LogP contribution >= 0.6 is 11.6 Å². The second-order valence-corrected chi connectivity index (χ2v) is 9.29. The van der Waals surface area contributed by atoms with E-state index in [4.69, 9.17) is 16.6 Å². The molecule has 2 aliphatic rings. The third kappa shape index (κ3) is 3.80. The summed E-state index contributed by atoms with van der Waals surface area (Å²) in [6.45, 7) is 0.501. The Labute approximate surface area is 201 Å². The van der Waals surface area contributed by atoms with E-state index in [0.29, 0.717) is 34.4 Å². The van der Waals surface area contributed by atoms with Gasteiger partial charge in [0.25, 0.3) is 0 Å². The minimum Gasteiger partial charge on any atom is -0.390 e. The van der Waals surface area contributed by atoms with Gasteiger partial charge in [-0.2, -0.15) is 0 Å². The number of nitrogens with one attached hydrogen (secondary N) is 1. The predicted octanol–water partition coefficient (Wildman–Crippen LogP) is 3.40. The number of nitrogens with zero attached hydrogens (tertiary/aromatic N) is 4. The molecule has 0 saturated heterocycles. The standard InChI is InChI=1S/C26H22ClN5O2/c27-17-8-4-7-16(11-17)13-28-25-21-26(31-20(30-25)10-9-15-5-2-1-3-6-15)32(14-29-21)22-18-12-19(18)23(33)24(22)34/h1-8,11,14,18-19,22-24,33-34H,12-13H2,(H,28,30,31)/t18-,19+,22+,23+,24-/m0/s1. The average Bonchev–Trinajstić information content (AvgIpc) is 3.46. The van der Waals surface area contributed by atoms with Gasteiger partial charge in [0.05, 0.1) is 18.5 Å². The summed E-state index contributed by atoms with van der Waals surface area (Å²) in [6, 6.07) is 17.0. The normalized spacial score (nSPS) is 25.0. The number of hydrogen-bond acceptors (Lipinski definition) is 6. The van der Waals surface area contributed by atoms with Gasteiger partial charge in [-0.25, -0.2) is 15.0 Å². The van der Waals surface area contributed by atoms with E-state index in [9.17, 15) is 10.2 Å². The summed E-state index contributed by atoms with van der Waals surface area (Å²) in [7, 11) is 0. The van der Waals surface area contributed by atoms with Crippen LogP contribution in [0.4, 0.5) is 5.82 Å². The molecule has 170 valence electrons. The van der Waals surface area contributed by atoms with Crippen molar-refractivity contribution in [3.05, 3.63) is 82.9 Å². The van der Waals surface area contributed by atoms with Gasteiger partial charge in [0.2, 0.25) is 5.82 Å². The topological polar surface area (TPSA) is 96.1 Å². The minimum absolute atomic E-state index is 0.136. The molecule has 34 heavy (non-hydrogen) atoms. The molecule has 0 aliphatic heterocycles. The van der Waals surface area contributed by atoms with Crippen LogP contribution in [0.5, 0.6) is 0 Å². The first-order valence-corrected chi connectivity index (χ1v) is 11.6. The fourth-order valence-corrected chi connectivity index (χ4v) is 5.11. The lowest BCUT2D eigenvalue weighted by Gasteiger charge is -2.22. The number of benzene rings is 2. The van der Waals surface area contributed by atoms with E-state index in [1.54, 1.807) is 6.33 Å². The molecular formula is C26H22ClN5O2. The molecule has 2 aromatic carbocycles. The molecule has 8 heteroatoms. The van der Waals surface area contributed by atoms with E-state index in [-0.39, 0.29) is 17.9 Å². The van der Waals surface area contributed by atoms with Gasteiger partial charge in [-0.3, -0.25) is 0 Å². The highest BCUT2D eigenvalue weighted by Crippen LogP contribution is 2.57. The second kappa shape index (κ2) is 8.41. The highest BCUT2D eigenvalue weighted by Gasteiger charge is 2.60. The number of anilines is 1. The predicted molar refractivity (Wildman–Crippen MR) is 129 cm³/mol. The number of aromatic nitrogens is 4. The van der Waals surface area contributed by atoms with Gasteiger partial charge in [0.15, 0.2) is 17.0 Å². The highest BCUT2D eigenvalue weighted by atomic mass is 35.5. The molecule has 2 saturated carbocycles. The van der Waals surface area contributed by atoms with Crippen molar-refractivity contribution in [1.82, 2.24) is 19.5 Å². The number of rotatable bonds is 4. The van der Waals surface area contributed by atoms with Crippen LogP contribution in [0.2, 0.25) is 5.02 Å². The molecule has 6 rings (SSSR count). The molecule has 0 radical (unpaired) electrons. The summed E-state index contributed by atoms with van der Waals surface area (Å²) in [5.74, 6) is 7.44. The molecule has 2 aliphatic carbocycles. The maximum absolute atomic E-state index is 10.7. The van der Waals surface area contributed by atoms with Crippen molar-refractivity contribution < 1.29 is 10.2 Å². The highest BCUT2D eigenvalue weighted by molar-refractivity contribution is 6.30. The molecule has 4 aromatic rings. The van der Waals surface area contributed by atoms with E-state index in [2.05, 4.69) is 27.1 Å². The lowest BCUT2D eigenvalue weighted by atomic mass is 10.1. The summed E-state index contributed by atoms with van der Waals surface area (Å²) in [4.78, 5) is 13.9. The Balaban J connectivity index is 1.41. The van der Waals surface area contributed by atoms with Gasteiger partial charge in [0.1, 0.15) is 6.10 Å². The number of halogens is 1. The van der Waals surface area contributed by atoms with Crippen LogP contribution in [0.15, 0.2) is 60.9 Å². The summed E-state index contributed by atoms with van der Waals surface area (Å²) < 4.78 is 1.88. The van der Waals surface area contributed by atoms with Crippen molar-refractivity contribution in [3.8, 4) is 11.8 Å². The molecule has 7 nitrogen and oxygen atoms in total. The fourth-order valence-electron chi connectivity index (χ4n) is 4.90. The Morgan fingerprint density at radius 1 is 1.00 bits per heavy atom. The summed E-state index contributed by atoms with van der Waals surface area (Å²) >= 11 is 6.13. The lowest BCUT2D eigenvalue weighted by Crippen LogP contribution is -2.31. The fraction of sp³-hybridized carbons (Fsp3) is 0.269. The summed E-state index contributed by atoms with van der Waals surface area (Å²) in [5, 5.41) is 25.0. The molecule has 5 atom stereocenters. The Kier molecular flexibility index (Phi) is 5.22. The second-order valence-electron chi connectivity index (χ2n) is 8.85. The molecular weight excluding hydrogens is 450 g/mol. The van der Waals surface area contributed by atoms with Crippen LogP contribution < -0.4 is 5.32 Å². The molecule has 2 aromatic heterocycles. The maximum Gasteiger partial charge on any atom is 0.209 e. The molecule has 0 spiro atoms. The number of hydrogen-bond donors (Lipinski definition) is 3. The van der Waals surface area contributed by atoms with Crippen molar-refractivity contribution in [3.63, 3.8) is 0 Å². The van der Waals surface area contributed by atoms with Gasteiger partial charge in [-0.05, 0) is 54.0 Å². The third-order valence-corrected chi connectivity index (χ3v) is 6.89. The number of aliphatic hydroxyl groups excluding tert-OH is 2. The zero-order valence-electron chi connectivity index (χ0n) is 18.1. The number of fused-ring (bicyclic) bond motifs is 2. The smallest absolute Gasteiger partial charge is 0.209 e. The first-order valence-electron chi connectivity index (χ1n) is 11.2. The van der Waals surface area contributed by atoms with Crippen LogP contribution in [-0.2, 0) is 6.54 Å². The first-order chi connectivity index (χ1) is 16.6. The Bertz CT molecular complexity index is 1430. The molecule has 2 heterocycles. The van der Waals surface area contributed by atoms with E-state index in [1.807, 2.05) is 59.2 Å². The minimum atomic E-state index is -0.849. The third-order valence-electron chi connectivity index (χ3n) is 6.65. The Morgan fingerprint density at radius 3 is 2.62 bits per heavy atom. The zero-order valence-corrected chi connectivity index (χ0v) is 18.9. The number of aliphatic hydroxyl groups is 2. The van der Waals surface area contributed by atoms with E-state index in [1.165, 1.54) is 0 Å². The Hall–Kier alpha value is -3.44. The van der Waals surface area contributed by atoms with Gasteiger partial charge in [0, 0.05) is 17.1 Å². The molecule has 3 N–H and O–H groups in total. The van der Waals surface area contributed by atoms with Gasteiger partial charge < -0.3 is 20.1 Å². The maximum atomic E-state index is 10.7. The van der Waals surface area contributed by atoms with E-state index < -0.39 is 12.2 Å². The molecule has 0 unspecified atom stereocenters. The van der Waals surface area contributed by atoms with Crippen LogP contribution in [-0.4, -0.2) is 41.9 Å². The van der Waals surface area contributed by atoms with Crippen LogP contribution in [0, 0.1) is 23.7 Å². The SMILES string of the molecule is O[C@@H]1[C@H](O)[C@@H]2C[C@@H]2[C@H]1n1cnc2c(NCc3cccc(Cl)c3)nc(C#Cc3ccccc3)nc21. The van der Waals surface area contributed by atoms with Gasteiger partial charge in [-0.1, -0.05) is 47.9 Å². The van der Waals surface area contributed by atoms with Crippen molar-refractivity contribution in [2.45, 2.75) is 31.2 Å². The number of imidazole rings is 1. The molecule has 2 fully saturated rings. The van der Waals surface area contributed by atoms with Crippen LogP contribution in [0.3, 0.4) is 0 Å².